The van der Waals surface area contributed by atoms with Crippen LogP contribution in [0, 0.1) is 13.8 Å². The van der Waals surface area contributed by atoms with Crippen molar-refractivity contribution in [3.63, 3.8) is 0 Å². The number of ether oxygens (including phenoxy) is 1. The smallest absolute Gasteiger partial charge is 0.303 e. The Bertz CT molecular complexity index is 483. The van der Waals surface area contributed by atoms with E-state index in [2.05, 4.69) is 5.32 Å². The van der Waals surface area contributed by atoms with Crippen molar-refractivity contribution >= 4 is 17.6 Å². The van der Waals surface area contributed by atoms with Gasteiger partial charge in [-0.2, -0.15) is 0 Å². The molecule has 2 N–H and O–H groups in total. The van der Waals surface area contributed by atoms with Crippen molar-refractivity contribution in [3.8, 4) is 5.75 Å². The number of aliphatic carboxylic acids is 1. The number of methoxy groups -OCH3 is 1. The summed E-state index contributed by atoms with van der Waals surface area (Å²) in [5, 5.41) is 11.3. The third-order valence-electron chi connectivity index (χ3n) is 2.88. The Kier molecular flexibility index (Phi) is 5.36. The Labute approximate surface area is 112 Å². The maximum atomic E-state index is 11.7. The molecule has 0 aromatic heterocycles. The minimum atomic E-state index is -0.888. The van der Waals surface area contributed by atoms with Gasteiger partial charge in [-0.1, -0.05) is 6.07 Å². The number of carboxylic acids is 1. The van der Waals surface area contributed by atoms with Crippen LogP contribution in [0.1, 0.15) is 30.4 Å². The molecule has 0 aliphatic rings. The lowest BCUT2D eigenvalue weighted by atomic mass is 10.1. The van der Waals surface area contributed by atoms with Crippen LogP contribution in [0.5, 0.6) is 5.75 Å². The van der Waals surface area contributed by atoms with E-state index in [0.717, 1.165) is 16.9 Å². The first-order valence-electron chi connectivity index (χ1n) is 6.11. The molecule has 0 radical (unpaired) electrons. The Hall–Kier alpha value is -2.04. The largest absolute Gasteiger partial charge is 0.496 e. The van der Waals surface area contributed by atoms with Gasteiger partial charge in [0.25, 0.3) is 0 Å². The third kappa shape index (κ3) is 4.28. The molecule has 1 aromatic rings. The number of rotatable bonds is 6. The molecule has 0 saturated heterocycles. The molecular formula is C14H19NO4. The van der Waals surface area contributed by atoms with Gasteiger partial charge in [0.1, 0.15) is 5.75 Å². The van der Waals surface area contributed by atoms with Gasteiger partial charge in [0.05, 0.1) is 7.11 Å². The van der Waals surface area contributed by atoms with Crippen LogP contribution in [-0.4, -0.2) is 24.1 Å². The van der Waals surface area contributed by atoms with Crippen LogP contribution in [0.3, 0.4) is 0 Å². The molecule has 0 heterocycles. The van der Waals surface area contributed by atoms with Gasteiger partial charge >= 0.3 is 5.97 Å². The minimum absolute atomic E-state index is 0.00359. The lowest BCUT2D eigenvalue weighted by Crippen LogP contribution is -2.13. The lowest BCUT2D eigenvalue weighted by Gasteiger charge is -2.13. The molecule has 104 valence electrons. The van der Waals surface area contributed by atoms with Crippen molar-refractivity contribution in [2.45, 2.75) is 33.1 Å². The number of carbonyl (C=O) groups is 2. The number of benzene rings is 1. The standard InChI is InChI=1S/C14H19NO4/c1-9-7-8-11(10(2)14(9)19-3)15-12(16)5-4-6-13(17)18/h7-8H,4-6H2,1-3H3,(H,15,16)(H,17,18). The van der Waals surface area contributed by atoms with E-state index in [1.54, 1.807) is 7.11 Å². The van der Waals surface area contributed by atoms with Crippen LogP contribution >= 0.6 is 0 Å². The van der Waals surface area contributed by atoms with Gasteiger partial charge in [-0.3, -0.25) is 9.59 Å². The first-order chi connectivity index (χ1) is 8.95. The van der Waals surface area contributed by atoms with Gasteiger partial charge in [-0.25, -0.2) is 0 Å². The highest BCUT2D eigenvalue weighted by atomic mass is 16.5. The van der Waals surface area contributed by atoms with E-state index in [1.807, 2.05) is 26.0 Å². The molecule has 0 spiro atoms. The van der Waals surface area contributed by atoms with Crippen LogP contribution in [0.25, 0.3) is 0 Å². The van der Waals surface area contributed by atoms with Gasteiger partial charge in [-0.15, -0.1) is 0 Å². The van der Waals surface area contributed by atoms with Crippen molar-refractivity contribution in [1.82, 2.24) is 0 Å². The quantitative estimate of drug-likeness (QED) is 0.828. The molecule has 0 aliphatic carbocycles. The van der Waals surface area contributed by atoms with Crippen molar-refractivity contribution in [2.75, 3.05) is 12.4 Å². The molecule has 0 bridgehead atoms. The molecule has 0 unspecified atom stereocenters. The Morgan fingerprint density at radius 1 is 1.26 bits per heavy atom. The van der Waals surface area contributed by atoms with Crippen LogP contribution in [0.2, 0.25) is 0 Å². The highest BCUT2D eigenvalue weighted by Gasteiger charge is 2.10. The zero-order valence-electron chi connectivity index (χ0n) is 11.4. The molecule has 0 atom stereocenters. The zero-order chi connectivity index (χ0) is 14.4. The van der Waals surface area contributed by atoms with Crippen molar-refractivity contribution in [1.29, 1.82) is 0 Å². The molecule has 0 saturated carbocycles. The molecule has 0 aliphatic heterocycles. The first-order valence-corrected chi connectivity index (χ1v) is 6.11. The first kappa shape index (κ1) is 15.0. The Balaban J connectivity index is 2.67. The molecule has 1 aromatic carbocycles. The molecule has 0 fully saturated rings. The van der Waals surface area contributed by atoms with E-state index in [4.69, 9.17) is 9.84 Å². The predicted molar refractivity (Wildman–Crippen MR) is 72.6 cm³/mol. The summed E-state index contributed by atoms with van der Waals surface area (Å²) in [5.74, 6) is -0.320. The van der Waals surface area contributed by atoms with E-state index >= 15 is 0 Å². The molecule has 1 amide bonds. The number of carboxylic acid groups (broad SMARTS) is 1. The number of nitrogens with one attached hydrogen (secondary N) is 1. The van der Waals surface area contributed by atoms with E-state index in [1.165, 1.54) is 0 Å². The number of aryl methyl sites for hydroxylation is 1. The molecular weight excluding hydrogens is 246 g/mol. The number of anilines is 1. The zero-order valence-corrected chi connectivity index (χ0v) is 11.4. The molecule has 19 heavy (non-hydrogen) atoms. The molecule has 5 nitrogen and oxygen atoms in total. The fourth-order valence-corrected chi connectivity index (χ4v) is 1.89. The second-order valence-corrected chi connectivity index (χ2v) is 4.38. The summed E-state index contributed by atoms with van der Waals surface area (Å²) in [7, 11) is 1.59. The highest BCUT2D eigenvalue weighted by molar-refractivity contribution is 5.92. The van der Waals surface area contributed by atoms with Crippen LogP contribution in [0.4, 0.5) is 5.69 Å². The van der Waals surface area contributed by atoms with Gasteiger partial charge in [-0.05, 0) is 31.9 Å². The lowest BCUT2D eigenvalue weighted by molar-refractivity contribution is -0.137. The van der Waals surface area contributed by atoms with Crippen LogP contribution < -0.4 is 10.1 Å². The summed E-state index contributed by atoms with van der Waals surface area (Å²) < 4.78 is 5.28. The number of hydrogen-bond donors (Lipinski definition) is 2. The van der Waals surface area contributed by atoms with Gasteiger partial charge in [0.2, 0.25) is 5.91 Å². The monoisotopic (exact) mass is 265 g/mol. The van der Waals surface area contributed by atoms with Crippen molar-refractivity contribution in [3.05, 3.63) is 23.3 Å². The normalized spacial score (nSPS) is 10.1. The summed E-state index contributed by atoms with van der Waals surface area (Å²) in [5.41, 5.74) is 2.57. The SMILES string of the molecule is COc1c(C)ccc(NC(=O)CCCC(=O)O)c1C. The summed E-state index contributed by atoms with van der Waals surface area (Å²) in [6.45, 7) is 3.81. The maximum absolute atomic E-state index is 11.7. The fourth-order valence-electron chi connectivity index (χ4n) is 1.89. The minimum Gasteiger partial charge on any atom is -0.496 e. The van der Waals surface area contributed by atoms with Crippen molar-refractivity contribution in [2.24, 2.45) is 0 Å². The predicted octanol–water partition coefficient (Wildman–Crippen LogP) is 2.51. The van der Waals surface area contributed by atoms with Crippen LogP contribution in [-0.2, 0) is 9.59 Å². The second-order valence-electron chi connectivity index (χ2n) is 4.38. The summed E-state index contributed by atoms with van der Waals surface area (Å²) in [6.07, 6.45) is 0.536. The maximum Gasteiger partial charge on any atom is 0.303 e. The van der Waals surface area contributed by atoms with E-state index in [0.29, 0.717) is 12.1 Å². The number of carbonyl (C=O) groups excluding carboxylic acids is 1. The topological polar surface area (TPSA) is 75.6 Å². The Morgan fingerprint density at radius 2 is 1.95 bits per heavy atom. The number of amides is 1. The van der Waals surface area contributed by atoms with Gasteiger partial charge in [0.15, 0.2) is 0 Å². The van der Waals surface area contributed by atoms with Crippen molar-refractivity contribution < 1.29 is 19.4 Å². The van der Waals surface area contributed by atoms with E-state index in [9.17, 15) is 9.59 Å². The number of hydrogen-bond acceptors (Lipinski definition) is 3. The van der Waals surface area contributed by atoms with E-state index < -0.39 is 5.97 Å². The van der Waals surface area contributed by atoms with Gasteiger partial charge in [0, 0.05) is 24.1 Å². The Morgan fingerprint density at radius 3 is 2.53 bits per heavy atom. The second kappa shape index (κ2) is 6.78. The van der Waals surface area contributed by atoms with E-state index in [-0.39, 0.29) is 18.7 Å². The highest BCUT2D eigenvalue weighted by Crippen LogP contribution is 2.29. The van der Waals surface area contributed by atoms with Gasteiger partial charge < -0.3 is 15.2 Å². The fraction of sp³-hybridized carbons (Fsp3) is 0.429. The third-order valence-corrected chi connectivity index (χ3v) is 2.88. The molecule has 1 rings (SSSR count). The summed E-state index contributed by atoms with van der Waals surface area (Å²) in [6, 6.07) is 3.70. The van der Waals surface area contributed by atoms with Crippen LogP contribution in [0.15, 0.2) is 12.1 Å². The molecule has 5 heteroatoms. The summed E-state index contributed by atoms with van der Waals surface area (Å²) >= 11 is 0. The summed E-state index contributed by atoms with van der Waals surface area (Å²) in [4.78, 5) is 22.1. The average molecular weight is 265 g/mol. The average Bonchev–Trinajstić information content (AvgIpc) is 2.33.